The second kappa shape index (κ2) is 5.92. The number of rotatable bonds is 4. The highest BCUT2D eigenvalue weighted by Crippen LogP contribution is 2.25. The van der Waals surface area contributed by atoms with Crippen LogP contribution >= 0.6 is 27.5 Å². The molecule has 0 aliphatic rings. The van der Waals surface area contributed by atoms with Crippen LogP contribution in [-0.4, -0.2) is 9.78 Å². The van der Waals surface area contributed by atoms with Crippen molar-refractivity contribution in [2.24, 2.45) is 7.05 Å². The standard InChI is InChI=1S/C13H13BrClFN2O/c1-8-13(15)11(18(2)17-8)7-19-12-4-3-10(16)5-9(12)6-14/h3-5H,6-7H2,1-2H3. The zero-order valence-electron chi connectivity index (χ0n) is 10.6. The van der Waals surface area contributed by atoms with Gasteiger partial charge in [0.05, 0.1) is 16.4 Å². The van der Waals surface area contributed by atoms with Gasteiger partial charge in [-0.25, -0.2) is 4.39 Å². The summed E-state index contributed by atoms with van der Waals surface area (Å²) < 4.78 is 20.5. The van der Waals surface area contributed by atoms with E-state index in [4.69, 9.17) is 16.3 Å². The molecule has 1 aromatic carbocycles. The Morgan fingerprint density at radius 2 is 2.21 bits per heavy atom. The zero-order valence-corrected chi connectivity index (χ0v) is 12.9. The minimum absolute atomic E-state index is 0.281. The lowest BCUT2D eigenvalue weighted by Gasteiger charge is -2.10. The largest absolute Gasteiger partial charge is 0.487 e. The quantitative estimate of drug-likeness (QED) is 0.782. The summed E-state index contributed by atoms with van der Waals surface area (Å²) in [6, 6.07) is 4.43. The number of alkyl halides is 1. The minimum atomic E-state index is -0.281. The van der Waals surface area contributed by atoms with E-state index in [0.717, 1.165) is 17.0 Å². The monoisotopic (exact) mass is 346 g/mol. The average Bonchev–Trinajstić information content (AvgIpc) is 2.62. The van der Waals surface area contributed by atoms with Gasteiger partial charge in [-0.15, -0.1) is 0 Å². The van der Waals surface area contributed by atoms with Gasteiger partial charge in [-0.05, 0) is 25.1 Å². The molecule has 1 heterocycles. The highest BCUT2D eigenvalue weighted by molar-refractivity contribution is 9.08. The number of aryl methyl sites for hydroxylation is 2. The first kappa shape index (κ1) is 14.3. The molecule has 102 valence electrons. The number of halogens is 3. The van der Waals surface area contributed by atoms with Crippen LogP contribution in [0.5, 0.6) is 5.75 Å². The van der Waals surface area contributed by atoms with Gasteiger partial charge in [-0.3, -0.25) is 4.68 Å². The first-order chi connectivity index (χ1) is 9.02. The van der Waals surface area contributed by atoms with E-state index < -0.39 is 0 Å². The smallest absolute Gasteiger partial charge is 0.131 e. The van der Waals surface area contributed by atoms with E-state index in [1.54, 1.807) is 10.7 Å². The highest BCUT2D eigenvalue weighted by atomic mass is 79.9. The maximum Gasteiger partial charge on any atom is 0.131 e. The molecule has 2 rings (SSSR count). The summed E-state index contributed by atoms with van der Waals surface area (Å²) in [6.07, 6.45) is 0. The number of nitrogens with zero attached hydrogens (tertiary/aromatic N) is 2. The molecule has 0 aliphatic carbocycles. The van der Waals surface area contributed by atoms with E-state index in [2.05, 4.69) is 21.0 Å². The fourth-order valence-electron chi connectivity index (χ4n) is 1.78. The van der Waals surface area contributed by atoms with Gasteiger partial charge in [-0.2, -0.15) is 5.10 Å². The molecule has 1 aromatic heterocycles. The summed E-state index contributed by atoms with van der Waals surface area (Å²) in [5, 5.41) is 5.34. The molecule has 0 unspecified atom stereocenters. The third kappa shape index (κ3) is 3.09. The molecule has 0 bridgehead atoms. The molecule has 2 aromatic rings. The Hall–Kier alpha value is -1.07. The number of ether oxygens (including phenoxy) is 1. The summed E-state index contributed by atoms with van der Waals surface area (Å²) in [4.78, 5) is 0. The number of aromatic nitrogens is 2. The molecule has 0 radical (unpaired) electrons. The summed E-state index contributed by atoms with van der Waals surface area (Å²) in [7, 11) is 1.81. The fraction of sp³-hybridized carbons (Fsp3) is 0.308. The van der Waals surface area contributed by atoms with Gasteiger partial charge in [0.2, 0.25) is 0 Å². The maximum atomic E-state index is 13.1. The van der Waals surface area contributed by atoms with Crippen LogP contribution in [0.3, 0.4) is 0 Å². The number of hydrogen-bond donors (Lipinski definition) is 0. The summed E-state index contributed by atoms with van der Waals surface area (Å²) >= 11 is 9.46. The first-order valence-electron chi connectivity index (χ1n) is 5.68. The minimum Gasteiger partial charge on any atom is -0.487 e. The van der Waals surface area contributed by atoms with Crippen LogP contribution in [0, 0.1) is 12.7 Å². The third-order valence-electron chi connectivity index (χ3n) is 2.79. The lowest BCUT2D eigenvalue weighted by Crippen LogP contribution is -2.04. The molecule has 19 heavy (non-hydrogen) atoms. The van der Waals surface area contributed by atoms with Gasteiger partial charge < -0.3 is 4.74 Å². The van der Waals surface area contributed by atoms with Crippen molar-refractivity contribution in [1.29, 1.82) is 0 Å². The Morgan fingerprint density at radius 3 is 2.79 bits per heavy atom. The van der Waals surface area contributed by atoms with Gasteiger partial charge in [-0.1, -0.05) is 27.5 Å². The van der Waals surface area contributed by atoms with Gasteiger partial charge in [0.15, 0.2) is 0 Å². The molecule has 0 amide bonds. The van der Waals surface area contributed by atoms with E-state index in [1.807, 2.05) is 14.0 Å². The lowest BCUT2D eigenvalue weighted by molar-refractivity contribution is 0.292. The van der Waals surface area contributed by atoms with Crippen molar-refractivity contribution < 1.29 is 9.13 Å². The van der Waals surface area contributed by atoms with Crippen molar-refractivity contribution >= 4 is 27.5 Å². The summed E-state index contributed by atoms with van der Waals surface area (Å²) in [6.45, 7) is 2.13. The Balaban J connectivity index is 2.19. The van der Waals surface area contributed by atoms with Crippen molar-refractivity contribution in [1.82, 2.24) is 9.78 Å². The Bertz CT molecular complexity index is 601. The third-order valence-corrected chi connectivity index (χ3v) is 3.89. The van der Waals surface area contributed by atoms with Gasteiger partial charge in [0, 0.05) is 17.9 Å². The molecule has 0 saturated carbocycles. The van der Waals surface area contributed by atoms with Crippen LogP contribution in [0.1, 0.15) is 17.0 Å². The van der Waals surface area contributed by atoms with Crippen LogP contribution in [0.15, 0.2) is 18.2 Å². The molecule has 0 spiro atoms. The van der Waals surface area contributed by atoms with Crippen LogP contribution in [0.25, 0.3) is 0 Å². The van der Waals surface area contributed by atoms with Crippen molar-refractivity contribution in [3.05, 3.63) is 46.0 Å². The average molecular weight is 348 g/mol. The van der Waals surface area contributed by atoms with Crippen LogP contribution in [0.2, 0.25) is 5.02 Å². The van der Waals surface area contributed by atoms with E-state index in [0.29, 0.717) is 22.7 Å². The van der Waals surface area contributed by atoms with Crippen molar-refractivity contribution in [2.75, 3.05) is 0 Å². The molecular formula is C13H13BrClFN2O. The molecule has 0 N–H and O–H groups in total. The van der Waals surface area contributed by atoms with Crippen LogP contribution < -0.4 is 4.74 Å². The maximum absolute atomic E-state index is 13.1. The molecule has 0 atom stereocenters. The second-order valence-electron chi connectivity index (χ2n) is 4.14. The van der Waals surface area contributed by atoms with E-state index in [-0.39, 0.29) is 5.82 Å². The Labute approximate surface area is 124 Å². The summed E-state index contributed by atoms with van der Waals surface area (Å²) in [5.74, 6) is 0.351. The van der Waals surface area contributed by atoms with Crippen LogP contribution in [0.4, 0.5) is 4.39 Å². The normalized spacial score (nSPS) is 10.8. The fourth-order valence-corrected chi connectivity index (χ4v) is 2.43. The Morgan fingerprint density at radius 1 is 1.47 bits per heavy atom. The predicted octanol–water partition coefficient (Wildman–Crippen LogP) is 3.99. The number of hydrogen-bond acceptors (Lipinski definition) is 2. The Kier molecular flexibility index (Phi) is 4.47. The molecule has 0 saturated heterocycles. The number of benzene rings is 1. The molecule has 0 aliphatic heterocycles. The molecule has 3 nitrogen and oxygen atoms in total. The zero-order chi connectivity index (χ0) is 14.0. The molecule has 0 fully saturated rings. The molecular weight excluding hydrogens is 335 g/mol. The summed E-state index contributed by atoms with van der Waals surface area (Å²) in [5.41, 5.74) is 2.32. The van der Waals surface area contributed by atoms with Crippen molar-refractivity contribution in [3.8, 4) is 5.75 Å². The molecule has 6 heteroatoms. The van der Waals surface area contributed by atoms with Crippen LogP contribution in [-0.2, 0) is 19.0 Å². The van der Waals surface area contributed by atoms with E-state index in [1.165, 1.54) is 12.1 Å². The van der Waals surface area contributed by atoms with E-state index in [9.17, 15) is 4.39 Å². The highest BCUT2D eigenvalue weighted by Gasteiger charge is 2.12. The van der Waals surface area contributed by atoms with Crippen molar-refractivity contribution in [2.45, 2.75) is 18.9 Å². The SMILES string of the molecule is Cc1nn(C)c(COc2ccc(F)cc2CBr)c1Cl. The van der Waals surface area contributed by atoms with Gasteiger partial charge >= 0.3 is 0 Å². The van der Waals surface area contributed by atoms with Gasteiger partial charge in [0.25, 0.3) is 0 Å². The second-order valence-corrected chi connectivity index (χ2v) is 5.08. The van der Waals surface area contributed by atoms with Gasteiger partial charge in [0.1, 0.15) is 18.2 Å². The lowest BCUT2D eigenvalue weighted by atomic mass is 10.2. The first-order valence-corrected chi connectivity index (χ1v) is 7.18. The van der Waals surface area contributed by atoms with E-state index >= 15 is 0 Å². The topological polar surface area (TPSA) is 27.1 Å². The predicted molar refractivity (Wildman–Crippen MR) is 76.3 cm³/mol. The van der Waals surface area contributed by atoms with Crippen molar-refractivity contribution in [3.63, 3.8) is 0 Å².